The molecular formula is C10H12N2O. The first-order valence-electron chi connectivity index (χ1n) is 4.23. The van der Waals surface area contributed by atoms with Crippen LogP contribution in [0.1, 0.15) is 19.5 Å². The lowest BCUT2D eigenvalue weighted by Crippen LogP contribution is -2.16. The Bertz CT molecular complexity index is 426. The van der Waals surface area contributed by atoms with Gasteiger partial charge in [0.05, 0.1) is 17.5 Å². The molecule has 1 N–H and O–H groups in total. The number of fused-ring (bicyclic) bond motifs is 1. The molecule has 0 aliphatic heterocycles. The first-order chi connectivity index (χ1) is 6.09. The summed E-state index contributed by atoms with van der Waals surface area (Å²) in [5, 5.41) is 9.80. The second-order valence-corrected chi connectivity index (χ2v) is 3.65. The number of pyridine rings is 1. The van der Waals surface area contributed by atoms with Crippen molar-refractivity contribution in [3.8, 4) is 0 Å². The van der Waals surface area contributed by atoms with E-state index in [1.807, 2.05) is 28.8 Å². The Hall–Kier alpha value is -1.35. The third-order valence-corrected chi connectivity index (χ3v) is 2.02. The van der Waals surface area contributed by atoms with E-state index in [4.69, 9.17) is 0 Å². The van der Waals surface area contributed by atoms with E-state index < -0.39 is 5.60 Å². The Kier molecular flexibility index (Phi) is 1.63. The lowest BCUT2D eigenvalue weighted by atomic mass is 10.0. The Balaban J connectivity index is 2.72. The van der Waals surface area contributed by atoms with Crippen LogP contribution in [0.5, 0.6) is 0 Å². The van der Waals surface area contributed by atoms with Crippen LogP contribution in [0, 0.1) is 0 Å². The molecule has 0 amide bonds. The fourth-order valence-corrected chi connectivity index (χ4v) is 1.41. The predicted octanol–water partition coefficient (Wildman–Crippen LogP) is 1.56. The number of aromatic nitrogens is 2. The number of imidazole rings is 1. The summed E-state index contributed by atoms with van der Waals surface area (Å²) in [5.74, 6) is 0. The van der Waals surface area contributed by atoms with Gasteiger partial charge in [-0.3, -0.25) is 0 Å². The van der Waals surface area contributed by atoms with Crippen molar-refractivity contribution in [3.05, 3.63) is 36.4 Å². The summed E-state index contributed by atoms with van der Waals surface area (Å²) in [5.41, 5.74) is 0.791. The number of nitrogens with zero attached hydrogens (tertiary/aromatic N) is 2. The molecule has 3 nitrogen and oxygen atoms in total. The van der Waals surface area contributed by atoms with Gasteiger partial charge in [0.1, 0.15) is 5.60 Å². The van der Waals surface area contributed by atoms with Gasteiger partial charge in [-0.15, -0.1) is 0 Å². The van der Waals surface area contributed by atoms with E-state index in [1.54, 1.807) is 20.2 Å². The SMILES string of the molecule is CC(C)(O)c1ncn2ccccc12. The largest absolute Gasteiger partial charge is 0.384 e. The molecular weight excluding hydrogens is 164 g/mol. The Morgan fingerprint density at radius 2 is 2.15 bits per heavy atom. The summed E-state index contributed by atoms with van der Waals surface area (Å²) in [6, 6.07) is 5.81. The van der Waals surface area contributed by atoms with Crippen molar-refractivity contribution in [2.45, 2.75) is 19.4 Å². The van der Waals surface area contributed by atoms with E-state index in [0.29, 0.717) is 5.69 Å². The van der Waals surface area contributed by atoms with Crippen molar-refractivity contribution < 1.29 is 5.11 Å². The van der Waals surface area contributed by atoms with Gasteiger partial charge in [0.2, 0.25) is 0 Å². The minimum absolute atomic E-state index is 0.716. The molecule has 0 radical (unpaired) electrons. The molecule has 0 aliphatic carbocycles. The molecule has 0 fully saturated rings. The zero-order valence-electron chi connectivity index (χ0n) is 7.73. The standard InChI is InChI=1S/C10H12N2O/c1-10(2,13)9-8-5-3-4-6-12(8)7-11-9/h3-7,13H,1-2H3. The molecule has 2 heterocycles. The van der Waals surface area contributed by atoms with Gasteiger partial charge in [0.15, 0.2) is 0 Å². The minimum atomic E-state index is -0.879. The molecule has 68 valence electrons. The third kappa shape index (κ3) is 1.31. The topological polar surface area (TPSA) is 37.5 Å². The fraction of sp³-hybridized carbons (Fsp3) is 0.300. The first kappa shape index (κ1) is 8.26. The molecule has 2 aromatic heterocycles. The van der Waals surface area contributed by atoms with Gasteiger partial charge in [0.25, 0.3) is 0 Å². The molecule has 0 bridgehead atoms. The first-order valence-corrected chi connectivity index (χ1v) is 4.23. The highest BCUT2D eigenvalue weighted by Crippen LogP contribution is 2.22. The smallest absolute Gasteiger partial charge is 0.103 e. The third-order valence-electron chi connectivity index (χ3n) is 2.02. The maximum Gasteiger partial charge on any atom is 0.103 e. The minimum Gasteiger partial charge on any atom is -0.384 e. The zero-order chi connectivity index (χ0) is 9.47. The van der Waals surface area contributed by atoms with Crippen LogP contribution in [-0.4, -0.2) is 14.5 Å². The quantitative estimate of drug-likeness (QED) is 0.716. The average molecular weight is 176 g/mol. The predicted molar refractivity (Wildman–Crippen MR) is 50.4 cm³/mol. The van der Waals surface area contributed by atoms with E-state index in [-0.39, 0.29) is 0 Å². The zero-order valence-corrected chi connectivity index (χ0v) is 7.73. The lowest BCUT2D eigenvalue weighted by Gasteiger charge is -2.14. The van der Waals surface area contributed by atoms with E-state index in [1.165, 1.54) is 0 Å². The Labute approximate surface area is 76.7 Å². The molecule has 13 heavy (non-hydrogen) atoms. The van der Waals surface area contributed by atoms with Crippen molar-refractivity contribution in [2.75, 3.05) is 0 Å². The summed E-state index contributed by atoms with van der Waals surface area (Å²) in [4.78, 5) is 4.18. The number of hydrogen-bond donors (Lipinski definition) is 1. The molecule has 0 saturated carbocycles. The number of aliphatic hydroxyl groups is 1. The monoisotopic (exact) mass is 176 g/mol. The van der Waals surface area contributed by atoms with Crippen LogP contribution in [0.4, 0.5) is 0 Å². The lowest BCUT2D eigenvalue weighted by molar-refractivity contribution is 0.0759. The highest BCUT2D eigenvalue weighted by Gasteiger charge is 2.21. The van der Waals surface area contributed by atoms with Gasteiger partial charge >= 0.3 is 0 Å². The van der Waals surface area contributed by atoms with Crippen LogP contribution in [0.15, 0.2) is 30.7 Å². The van der Waals surface area contributed by atoms with Gasteiger partial charge in [-0.2, -0.15) is 0 Å². The van der Waals surface area contributed by atoms with Crippen LogP contribution in [0.25, 0.3) is 5.52 Å². The fourth-order valence-electron chi connectivity index (χ4n) is 1.41. The normalized spacial score (nSPS) is 12.2. The van der Waals surface area contributed by atoms with Crippen molar-refractivity contribution in [1.29, 1.82) is 0 Å². The van der Waals surface area contributed by atoms with Gasteiger partial charge in [-0.05, 0) is 26.0 Å². The number of rotatable bonds is 1. The van der Waals surface area contributed by atoms with Gasteiger partial charge in [-0.25, -0.2) is 4.98 Å². The van der Waals surface area contributed by atoms with Crippen LogP contribution < -0.4 is 0 Å². The molecule has 3 heteroatoms. The van der Waals surface area contributed by atoms with E-state index in [2.05, 4.69) is 4.98 Å². The van der Waals surface area contributed by atoms with E-state index >= 15 is 0 Å². The van der Waals surface area contributed by atoms with E-state index in [9.17, 15) is 5.11 Å². The van der Waals surface area contributed by atoms with Gasteiger partial charge in [-0.1, -0.05) is 6.07 Å². The van der Waals surface area contributed by atoms with Crippen molar-refractivity contribution >= 4 is 5.52 Å². The molecule has 2 aromatic rings. The highest BCUT2D eigenvalue weighted by molar-refractivity contribution is 5.53. The number of hydrogen-bond acceptors (Lipinski definition) is 2. The summed E-state index contributed by atoms with van der Waals surface area (Å²) in [7, 11) is 0. The second kappa shape index (κ2) is 2.57. The molecule has 0 aliphatic rings. The molecule has 0 unspecified atom stereocenters. The summed E-state index contributed by atoms with van der Waals surface area (Å²) < 4.78 is 1.90. The highest BCUT2D eigenvalue weighted by atomic mass is 16.3. The Morgan fingerprint density at radius 3 is 2.85 bits per heavy atom. The van der Waals surface area contributed by atoms with Gasteiger partial charge in [0, 0.05) is 6.20 Å². The van der Waals surface area contributed by atoms with Crippen LogP contribution >= 0.6 is 0 Å². The second-order valence-electron chi connectivity index (χ2n) is 3.65. The van der Waals surface area contributed by atoms with E-state index in [0.717, 1.165) is 5.52 Å². The van der Waals surface area contributed by atoms with Crippen LogP contribution in [0.3, 0.4) is 0 Å². The molecule has 0 atom stereocenters. The summed E-state index contributed by atoms with van der Waals surface area (Å²) >= 11 is 0. The Morgan fingerprint density at radius 1 is 1.38 bits per heavy atom. The molecule has 0 aromatic carbocycles. The van der Waals surface area contributed by atoms with Crippen LogP contribution in [0.2, 0.25) is 0 Å². The van der Waals surface area contributed by atoms with Crippen molar-refractivity contribution in [3.63, 3.8) is 0 Å². The molecule has 0 saturated heterocycles. The summed E-state index contributed by atoms with van der Waals surface area (Å²) in [6.45, 7) is 3.48. The molecule has 2 rings (SSSR count). The molecule has 0 spiro atoms. The maximum atomic E-state index is 9.80. The van der Waals surface area contributed by atoms with Crippen molar-refractivity contribution in [2.24, 2.45) is 0 Å². The average Bonchev–Trinajstić information content (AvgIpc) is 2.45. The van der Waals surface area contributed by atoms with Crippen molar-refractivity contribution in [1.82, 2.24) is 9.38 Å². The van der Waals surface area contributed by atoms with Gasteiger partial charge < -0.3 is 9.51 Å². The van der Waals surface area contributed by atoms with Crippen LogP contribution in [-0.2, 0) is 5.60 Å². The summed E-state index contributed by atoms with van der Waals surface area (Å²) in [6.07, 6.45) is 3.63. The maximum absolute atomic E-state index is 9.80.